The number of likely N-dealkylation sites (tertiary alicyclic amines) is 1. The van der Waals surface area contributed by atoms with E-state index in [4.69, 9.17) is 0 Å². The lowest BCUT2D eigenvalue weighted by Crippen LogP contribution is -2.59. The van der Waals surface area contributed by atoms with E-state index in [2.05, 4.69) is 58.2 Å². The number of para-hydroxylation sites is 1. The Hall–Kier alpha value is -6.93. The molecule has 9 amide bonds. The molecule has 0 aliphatic carbocycles. The number of rotatable bonds is 30. The van der Waals surface area contributed by atoms with E-state index in [9.17, 15) is 58.2 Å². The van der Waals surface area contributed by atoms with E-state index in [1.54, 1.807) is 52.1 Å². The van der Waals surface area contributed by atoms with E-state index in [1.165, 1.54) is 30.6 Å². The van der Waals surface area contributed by atoms with Crippen molar-refractivity contribution in [1.82, 2.24) is 57.7 Å². The van der Waals surface area contributed by atoms with Crippen LogP contribution in [-0.4, -0.2) is 175 Å². The smallest absolute Gasteiger partial charge is 0.243 e. The van der Waals surface area contributed by atoms with Crippen LogP contribution in [0.2, 0.25) is 0 Å². The van der Waals surface area contributed by atoms with Gasteiger partial charge in [-0.25, -0.2) is 0 Å². The summed E-state index contributed by atoms with van der Waals surface area (Å²) >= 11 is 1.37. The Kier molecular flexibility index (Phi) is 24.8. The van der Waals surface area contributed by atoms with Crippen LogP contribution in [0, 0.1) is 18.8 Å². The van der Waals surface area contributed by atoms with Crippen LogP contribution in [-0.2, 0) is 54.5 Å². The summed E-state index contributed by atoms with van der Waals surface area (Å²) in [4.78, 5) is 135. The van der Waals surface area contributed by atoms with Gasteiger partial charge < -0.3 is 78.1 Å². The number of likely N-dealkylation sites (N-methyl/N-ethyl adjacent to an activating group) is 2. The predicted octanol–water partition coefficient (Wildman–Crippen LogP) is -1.56. The number of nitrogens with one attached hydrogen (secondary N) is 11. The fourth-order valence-electron chi connectivity index (χ4n) is 8.11. The van der Waals surface area contributed by atoms with Gasteiger partial charge in [-0.15, -0.1) is 11.8 Å². The van der Waals surface area contributed by atoms with Gasteiger partial charge in [0.2, 0.25) is 53.2 Å². The number of carbonyl (C=O) groups excluding carboxylic acids is 10. The molecule has 2 heterocycles. The summed E-state index contributed by atoms with van der Waals surface area (Å²) in [6.45, 7) is 6.33. The van der Waals surface area contributed by atoms with Crippen molar-refractivity contribution in [2.45, 2.75) is 114 Å². The Balaban J connectivity index is 1.25. The lowest BCUT2D eigenvalue weighted by atomic mass is 9.94. The van der Waals surface area contributed by atoms with Crippen molar-refractivity contribution in [3.63, 3.8) is 0 Å². The first-order valence-corrected chi connectivity index (χ1v) is 26.2. The van der Waals surface area contributed by atoms with Gasteiger partial charge in [0.05, 0.1) is 61.9 Å². The molecule has 3 aromatic rings. The van der Waals surface area contributed by atoms with Crippen LogP contribution in [0.25, 0.3) is 10.9 Å². The van der Waals surface area contributed by atoms with Crippen molar-refractivity contribution in [3.8, 4) is 0 Å². The summed E-state index contributed by atoms with van der Waals surface area (Å²) in [6.07, 6.45) is -0.0627. The monoisotopic (exact) mass is 1080 g/mol. The average molecular weight is 1080 g/mol. The maximum atomic E-state index is 13.8. The third kappa shape index (κ3) is 18.1. The highest BCUT2D eigenvalue weighted by Gasteiger charge is 2.40. The Morgan fingerprint density at radius 3 is 2.07 bits per heavy atom. The molecule has 0 radical (unpaired) electrons. The summed E-state index contributed by atoms with van der Waals surface area (Å²) in [5, 5.41) is 48.3. The molecule has 1 aliphatic heterocycles. The molecule has 2 aromatic carbocycles. The summed E-state index contributed by atoms with van der Waals surface area (Å²) in [7, 11) is 3.17. The van der Waals surface area contributed by atoms with Gasteiger partial charge in [-0.3, -0.25) is 43.2 Å². The van der Waals surface area contributed by atoms with Gasteiger partial charge in [-0.1, -0.05) is 57.5 Å². The standard InChI is InChI=1S/C51H74N12O12S/c1-8-28(2)44(48(73)57-24-42(69)58-34(25-64)27-76-50-29(3)35-12-9-10-13-36(35)60-50)61-43(70)23-55-41(68)22-56-49(74)45(30(4)39(66)26-65)62-47(72)38-14-11-19-63(38)51(75)37(53-7)20-40(67)54-21-32-15-17-33(18-16-32)59-46(71)31(5)52-6/h9-10,12-13,15-18,25,28,30-31,34,37-39,44-45,52-53,60,65-66H,8,11,14,19-24,26-27H2,1-7H3,(H,54,67)(H,55,68)(H,56,74)(H,57,73)(H,58,69)(H,59,71)(H,61,70)(H,62,72)/t28-,30-,31-,34-,37-,38-,39-,44-,45-/m0/s1. The number of hydrogen-bond acceptors (Lipinski definition) is 15. The number of aliphatic hydroxyl groups is 2. The quantitative estimate of drug-likeness (QED) is 0.0265. The maximum absolute atomic E-state index is 13.8. The van der Waals surface area contributed by atoms with E-state index >= 15 is 0 Å². The number of carbonyl (C=O) groups is 10. The fraction of sp³-hybridized carbons (Fsp3) is 0.529. The number of aromatic amines is 1. The zero-order chi connectivity index (χ0) is 56.1. The van der Waals surface area contributed by atoms with Crippen molar-refractivity contribution in [1.29, 1.82) is 0 Å². The van der Waals surface area contributed by atoms with Crippen molar-refractivity contribution in [3.05, 3.63) is 59.7 Å². The SMILES string of the molecule is CC[C@H](C)[C@H](NC(=O)CNC(=O)CNC(=O)[C@@H](NC(=O)[C@@H]1CCCN1C(=O)[C@H](CC(=O)NCc1ccc(NC(=O)[C@H](C)NC)cc1)NC)[C@@H](C)[C@@H](O)CO)C(=O)NCC(=O)N[C@@H](C=O)CSc1[nH]c2ccccc2c1C. The van der Waals surface area contributed by atoms with E-state index in [-0.39, 0.29) is 37.6 Å². The zero-order valence-corrected chi connectivity index (χ0v) is 44.8. The summed E-state index contributed by atoms with van der Waals surface area (Å²) in [5.74, 6) is -7.04. The Morgan fingerprint density at radius 2 is 1.43 bits per heavy atom. The highest BCUT2D eigenvalue weighted by atomic mass is 32.2. The molecule has 4 rings (SSSR count). The van der Waals surface area contributed by atoms with E-state index in [0.29, 0.717) is 24.8 Å². The van der Waals surface area contributed by atoms with Crippen LogP contribution in [0.4, 0.5) is 5.69 Å². The largest absolute Gasteiger partial charge is 0.394 e. The molecule has 24 nitrogen and oxygen atoms in total. The molecule has 1 aromatic heterocycles. The minimum Gasteiger partial charge on any atom is -0.394 e. The molecule has 0 bridgehead atoms. The van der Waals surface area contributed by atoms with Gasteiger partial charge in [-0.2, -0.15) is 0 Å². The number of hydrogen-bond donors (Lipinski definition) is 13. The first kappa shape index (κ1) is 61.6. The summed E-state index contributed by atoms with van der Waals surface area (Å²) in [5.41, 5.74) is 3.28. The molecular formula is C51H74N12O12S. The summed E-state index contributed by atoms with van der Waals surface area (Å²) in [6, 6.07) is 8.68. The summed E-state index contributed by atoms with van der Waals surface area (Å²) < 4.78 is 0. The third-order valence-electron chi connectivity index (χ3n) is 13.3. The van der Waals surface area contributed by atoms with Crippen LogP contribution < -0.4 is 53.2 Å². The zero-order valence-electron chi connectivity index (χ0n) is 44.0. The minimum absolute atomic E-state index is 0.140. The predicted molar refractivity (Wildman–Crippen MR) is 284 cm³/mol. The Bertz CT molecular complexity index is 2510. The van der Waals surface area contributed by atoms with Crippen LogP contribution in [0.15, 0.2) is 53.6 Å². The second-order valence-corrected chi connectivity index (χ2v) is 19.7. The first-order chi connectivity index (χ1) is 36.2. The van der Waals surface area contributed by atoms with Gasteiger partial charge >= 0.3 is 0 Å². The van der Waals surface area contributed by atoms with Crippen molar-refractivity contribution >= 4 is 87.8 Å². The van der Waals surface area contributed by atoms with Crippen molar-refractivity contribution in [2.75, 3.05) is 58.0 Å². The first-order valence-electron chi connectivity index (χ1n) is 25.2. The number of H-pyrrole nitrogens is 1. The lowest BCUT2D eigenvalue weighted by Gasteiger charge is -2.31. The van der Waals surface area contributed by atoms with Gasteiger partial charge in [0, 0.05) is 41.4 Å². The average Bonchev–Trinajstić information content (AvgIpc) is 4.05. The molecule has 1 fully saturated rings. The van der Waals surface area contributed by atoms with Crippen molar-refractivity contribution in [2.24, 2.45) is 11.8 Å². The number of aliphatic hydroxyl groups excluding tert-OH is 2. The highest BCUT2D eigenvalue weighted by Crippen LogP contribution is 2.29. The number of aromatic nitrogens is 1. The maximum Gasteiger partial charge on any atom is 0.243 e. The van der Waals surface area contributed by atoms with E-state index < -0.39 is 128 Å². The molecule has 76 heavy (non-hydrogen) atoms. The second kappa shape index (κ2) is 30.6. The molecule has 25 heteroatoms. The molecule has 1 saturated heterocycles. The number of benzene rings is 2. The van der Waals surface area contributed by atoms with Gasteiger partial charge in [0.15, 0.2) is 0 Å². The number of amides is 9. The van der Waals surface area contributed by atoms with E-state index in [0.717, 1.165) is 27.1 Å². The molecule has 9 atom stereocenters. The van der Waals surface area contributed by atoms with Gasteiger partial charge in [-0.05, 0) is 76.0 Å². The number of aldehydes is 1. The van der Waals surface area contributed by atoms with Gasteiger partial charge in [0.1, 0.15) is 24.4 Å². The van der Waals surface area contributed by atoms with Crippen LogP contribution in [0.1, 0.15) is 64.5 Å². The molecule has 13 N–H and O–H groups in total. The topological polar surface area (TPSA) is 350 Å². The number of fused-ring (bicyclic) bond motifs is 1. The second-order valence-electron chi connectivity index (χ2n) is 18.7. The normalized spacial score (nSPS) is 16.3. The molecular weight excluding hydrogens is 1000 g/mol. The Labute approximate surface area is 445 Å². The molecule has 416 valence electrons. The Morgan fingerprint density at radius 1 is 0.789 bits per heavy atom. The van der Waals surface area contributed by atoms with E-state index in [1.807, 2.05) is 31.2 Å². The molecule has 0 unspecified atom stereocenters. The fourth-order valence-corrected chi connectivity index (χ4v) is 9.12. The van der Waals surface area contributed by atoms with Crippen LogP contribution in [0.5, 0.6) is 0 Å². The number of thioether (sulfide) groups is 1. The van der Waals surface area contributed by atoms with Crippen LogP contribution in [0.3, 0.4) is 0 Å². The van der Waals surface area contributed by atoms with Gasteiger partial charge in [0.25, 0.3) is 0 Å². The number of nitrogens with zero attached hydrogens (tertiary/aromatic N) is 1. The molecule has 0 spiro atoms. The van der Waals surface area contributed by atoms with Crippen LogP contribution >= 0.6 is 11.8 Å². The molecule has 0 saturated carbocycles. The lowest BCUT2D eigenvalue weighted by molar-refractivity contribution is -0.142. The number of aryl methyl sites for hydroxylation is 1. The number of anilines is 1. The molecule has 1 aliphatic rings. The highest BCUT2D eigenvalue weighted by molar-refractivity contribution is 7.99. The third-order valence-corrected chi connectivity index (χ3v) is 14.5. The van der Waals surface area contributed by atoms with Crippen molar-refractivity contribution < 1.29 is 58.2 Å². The minimum atomic E-state index is -1.51.